The topological polar surface area (TPSA) is 49.3 Å². The van der Waals surface area contributed by atoms with Gasteiger partial charge in [0.15, 0.2) is 0 Å². The number of carbonyl (C=O) groups is 1. The molecule has 0 spiro atoms. The zero-order valence-electron chi connectivity index (χ0n) is 9.32. The third-order valence-corrected chi connectivity index (χ3v) is 3.69. The molecule has 0 aliphatic carbocycles. The first-order valence-electron chi connectivity index (χ1n) is 5.32. The average Bonchev–Trinajstić information content (AvgIpc) is 2.68. The van der Waals surface area contributed by atoms with E-state index in [-0.39, 0.29) is 11.4 Å². The van der Waals surface area contributed by atoms with Crippen molar-refractivity contribution in [1.82, 2.24) is 5.32 Å². The number of nitrogens with one attached hydrogen (secondary N) is 1. The van der Waals surface area contributed by atoms with Crippen molar-refractivity contribution < 1.29 is 18.7 Å². The van der Waals surface area contributed by atoms with Gasteiger partial charge < -0.3 is 10.4 Å². The van der Waals surface area contributed by atoms with E-state index in [0.717, 1.165) is 21.4 Å². The molecule has 0 radical (unpaired) electrons. The van der Waals surface area contributed by atoms with E-state index in [1.54, 1.807) is 12.1 Å². The molecule has 0 saturated heterocycles. The maximum absolute atomic E-state index is 12.1. The Morgan fingerprint density at radius 2 is 2.11 bits per heavy atom. The fourth-order valence-corrected chi connectivity index (χ4v) is 2.81. The first-order chi connectivity index (χ1) is 8.59. The predicted molar refractivity (Wildman–Crippen MR) is 66.5 cm³/mol. The van der Waals surface area contributed by atoms with Crippen LogP contribution in [0, 0.1) is 0 Å². The van der Waals surface area contributed by atoms with Gasteiger partial charge in [0.05, 0.1) is 6.54 Å². The monoisotopic (exact) mass is 271 g/mol. The van der Waals surface area contributed by atoms with Crippen LogP contribution < -0.4 is 5.32 Å². The molecule has 6 heteroatoms. The maximum Gasteiger partial charge on any atom is 0.346 e. The van der Waals surface area contributed by atoms with Crippen LogP contribution in [0.2, 0.25) is 0 Å². The molecule has 3 nitrogen and oxygen atoms in total. The summed E-state index contributed by atoms with van der Waals surface area (Å²) in [5.41, 5.74) is 0.573. The highest BCUT2D eigenvalue weighted by atomic mass is 32.1. The zero-order chi connectivity index (χ0) is 13.1. The Hall–Kier alpha value is -1.53. The van der Waals surface area contributed by atoms with Crippen molar-refractivity contribution >= 4 is 27.4 Å². The Morgan fingerprint density at radius 3 is 2.78 bits per heavy atom. The maximum atomic E-state index is 12.1. The van der Waals surface area contributed by atoms with Crippen LogP contribution in [0.25, 0.3) is 10.1 Å². The number of fused-ring (bicyclic) bond motifs is 1. The standard InChI is InChI=1S/C12H11F2NO2S/c13-10(14)6-15-5-8-7-3-1-2-4-9(7)18-11(8)12(16)17/h1-4,10,15H,5-6H2,(H,16,17). The summed E-state index contributed by atoms with van der Waals surface area (Å²) in [6.07, 6.45) is -2.44. The second-order valence-electron chi connectivity index (χ2n) is 3.73. The van der Waals surface area contributed by atoms with Crippen LogP contribution in [0.5, 0.6) is 0 Å². The average molecular weight is 271 g/mol. The second kappa shape index (κ2) is 5.41. The molecule has 0 saturated carbocycles. The minimum absolute atomic E-state index is 0.135. The summed E-state index contributed by atoms with van der Waals surface area (Å²) in [6, 6.07) is 7.25. The Kier molecular flexibility index (Phi) is 3.88. The first-order valence-corrected chi connectivity index (χ1v) is 6.14. The lowest BCUT2D eigenvalue weighted by molar-refractivity contribution is 0.0701. The third-order valence-electron chi connectivity index (χ3n) is 2.49. The van der Waals surface area contributed by atoms with Crippen molar-refractivity contribution in [3.8, 4) is 0 Å². The quantitative estimate of drug-likeness (QED) is 0.879. The molecular weight excluding hydrogens is 260 g/mol. The van der Waals surface area contributed by atoms with E-state index in [2.05, 4.69) is 5.32 Å². The van der Waals surface area contributed by atoms with Gasteiger partial charge >= 0.3 is 5.97 Å². The molecule has 2 aromatic rings. The van der Waals surface area contributed by atoms with Gasteiger partial charge in [-0.15, -0.1) is 11.3 Å². The molecule has 1 aromatic carbocycles. The van der Waals surface area contributed by atoms with Crippen molar-refractivity contribution in [1.29, 1.82) is 0 Å². The largest absolute Gasteiger partial charge is 0.477 e. The van der Waals surface area contributed by atoms with Crippen molar-refractivity contribution in [3.05, 3.63) is 34.7 Å². The summed E-state index contributed by atoms with van der Waals surface area (Å²) < 4.78 is 25.0. The SMILES string of the molecule is O=C(O)c1sc2ccccc2c1CNCC(F)F. The number of thiophene rings is 1. The minimum Gasteiger partial charge on any atom is -0.477 e. The fraction of sp³-hybridized carbons (Fsp3) is 0.250. The molecule has 0 amide bonds. The lowest BCUT2D eigenvalue weighted by Crippen LogP contribution is -2.21. The number of alkyl halides is 2. The summed E-state index contributed by atoms with van der Waals surface area (Å²) in [6.45, 7) is -0.306. The summed E-state index contributed by atoms with van der Waals surface area (Å²) >= 11 is 1.16. The molecule has 18 heavy (non-hydrogen) atoms. The van der Waals surface area contributed by atoms with E-state index in [4.69, 9.17) is 5.11 Å². The summed E-state index contributed by atoms with van der Waals surface area (Å²) in [7, 11) is 0. The van der Waals surface area contributed by atoms with Crippen molar-refractivity contribution in [2.75, 3.05) is 6.54 Å². The molecule has 0 unspecified atom stereocenters. The van der Waals surface area contributed by atoms with E-state index < -0.39 is 18.9 Å². The van der Waals surface area contributed by atoms with Crippen LogP contribution in [0.4, 0.5) is 8.78 Å². The number of carboxylic acid groups (broad SMARTS) is 1. The van der Waals surface area contributed by atoms with E-state index in [0.29, 0.717) is 5.56 Å². The minimum atomic E-state index is -2.44. The Bertz CT molecular complexity index is 568. The van der Waals surface area contributed by atoms with E-state index in [1.165, 1.54) is 0 Å². The van der Waals surface area contributed by atoms with Crippen molar-refractivity contribution in [2.45, 2.75) is 13.0 Å². The predicted octanol–water partition coefficient (Wildman–Crippen LogP) is 2.95. The van der Waals surface area contributed by atoms with Gasteiger partial charge in [-0.1, -0.05) is 18.2 Å². The van der Waals surface area contributed by atoms with E-state index in [1.807, 2.05) is 12.1 Å². The summed E-state index contributed by atoms with van der Waals surface area (Å²) in [5.74, 6) is -1.02. The molecule has 1 aromatic heterocycles. The van der Waals surface area contributed by atoms with Crippen LogP contribution in [0.3, 0.4) is 0 Å². The normalized spacial score (nSPS) is 11.3. The highest BCUT2D eigenvalue weighted by Gasteiger charge is 2.17. The number of halogens is 2. The number of benzene rings is 1. The van der Waals surface area contributed by atoms with Crippen LogP contribution in [0.15, 0.2) is 24.3 Å². The van der Waals surface area contributed by atoms with Gasteiger partial charge in [-0.2, -0.15) is 0 Å². The molecule has 0 aliphatic heterocycles. The molecule has 0 aliphatic rings. The van der Waals surface area contributed by atoms with E-state index >= 15 is 0 Å². The van der Waals surface area contributed by atoms with Crippen molar-refractivity contribution in [3.63, 3.8) is 0 Å². The number of hydrogen-bond donors (Lipinski definition) is 2. The van der Waals surface area contributed by atoms with Crippen LogP contribution in [0.1, 0.15) is 15.2 Å². The Morgan fingerprint density at radius 1 is 1.39 bits per heavy atom. The lowest BCUT2D eigenvalue weighted by Gasteiger charge is -2.04. The molecule has 0 fully saturated rings. The van der Waals surface area contributed by atoms with E-state index in [9.17, 15) is 13.6 Å². The third kappa shape index (κ3) is 2.65. The molecule has 1 heterocycles. The van der Waals surface area contributed by atoms with Gasteiger partial charge in [-0.05, 0) is 17.0 Å². The summed E-state index contributed by atoms with van der Waals surface area (Å²) in [4.78, 5) is 11.3. The molecular formula is C12H11F2NO2S. The summed E-state index contributed by atoms with van der Waals surface area (Å²) in [5, 5.41) is 12.5. The molecule has 2 N–H and O–H groups in total. The smallest absolute Gasteiger partial charge is 0.346 e. The number of carboxylic acids is 1. The van der Waals surface area contributed by atoms with Crippen molar-refractivity contribution in [2.24, 2.45) is 0 Å². The van der Waals surface area contributed by atoms with Crippen LogP contribution in [-0.4, -0.2) is 24.0 Å². The first kappa shape index (κ1) is 12.9. The molecule has 0 bridgehead atoms. The van der Waals surface area contributed by atoms with Crippen LogP contribution in [-0.2, 0) is 6.54 Å². The number of hydrogen-bond acceptors (Lipinski definition) is 3. The van der Waals surface area contributed by atoms with Gasteiger partial charge in [0.1, 0.15) is 4.88 Å². The van der Waals surface area contributed by atoms with Gasteiger partial charge in [0.2, 0.25) is 0 Å². The van der Waals surface area contributed by atoms with Crippen LogP contribution >= 0.6 is 11.3 Å². The molecule has 0 atom stereocenters. The highest BCUT2D eigenvalue weighted by Crippen LogP contribution is 2.31. The zero-order valence-corrected chi connectivity index (χ0v) is 10.1. The molecule has 2 rings (SSSR count). The molecule has 96 valence electrons. The lowest BCUT2D eigenvalue weighted by atomic mass is 10.1. The van der Waals surface area contributed by atoms with Gasteiger partial charge in [-0.25, -0.2) is 13.6 Å². The number of aromatic carboxylic acids is 1. The van der Waals surface area contributed by atoms with Gasteiger partial charge in [-0.3, -0.25) is 0 Å². The Labute approximate surface area is 106 Å². The number of rotatable bonds is 5. The highest BCUT2D eigenvalue weighted by molar-refractivity contribution is 7.21. The second-order valence-corrected chi connectivity index (χ2v) is 4.79. The van der Waals surface area contributed by atoms with Gasteiger partial charge in [0, 0.05) is 11.2 Å². The fourth-order valence-electron chi connectivity index (χ4n) is 1.75. The Balaban J connectivity index is 2.33. The van der Waals surface area contributed by atoms with Gasteiger partial charge in [0.25, 0.3) is 6.43 Å².